The molecular formula is C30H36N8O4S. The van der Waals surface area contributed by atoms with Crippen LogP contribution in [0.5, 0.6) is 5.88 Å². The number of rotatable bonds is 11. The summed E-state index contributed by atoms with van der Waals surface area (Å²) in [6.45, 7) is 6.88. The Balaban J connectivity index is 1.42. The molecule has 3 atom stereocenters. The standard InChI is InChI=1S/C30H36N8O4S/c1-5-43(40,41)17(2)6-11-21(31-3)14-32-27-30(39)38(23-13-18-7-8-20(23)12-18)28-22(36-27)15-33-26(37-28)24-25(19-9-10-19)34-16-35-29(24)42-4/h6,11,15-16,18-20,23H,3,5,7-10,12-14H2,1-2,4H3,(H,32,36)/b17-6+,21-11-/t18-,20+,23+/m0/s1. The van der Waals surface area contributed by atoms with Gasteiger partial charge in [-0.15, -0.1) is 0 Å². The number of nitrogens with one attached hydrogen (secondary N) is 1. The number of nitrogens with zero attached hydrogens (tertiary/aromatic N) is 7. The van der Waals surface area contributed by atoms with E-state index in [-0.39, 0.29) is 34.6 Å². The second-order valence-corrected chi connectivity index (χ2v) is 14.0. The van der Waals surface area contributed by atoms with Gasteiger partial charge >= 0.3 is 0 Å². The highest BCUT2D eigenvalue weighted by atomic mass is 32.2. The van der Waals surface area contributed by atoms with E-state index in [2.05, 4.69) is 37.0 Å². The molecular weight excluding hydrogens is 568 g/mol. The first kappa shape index (κ1) is 29.1. The monoisotopic (exact) mass is 604 g/mol. The Morgan fingerprint density at radius 1 is 1.16 bits per heavy atom. The summed E-state index contributed by atoms with van der Waals surface area (Å²) in [5.74, 6) is 2.29. The maximum atomic E-state index is 14.1. The van der Waals surface area contributed by atoms with E-state index >= 15 is 0 Å². The number of aliphatic imine (C=N–C) groups is 1. The molecule has 3 aromatic rings. The Bertz CT molecular complexity index is 1810. The van der Waals surface area contributed by atoms with Crippen molar-refractivity contribution >= 4 is 33.5 Å². The van der Waals surface area contributed by atoms with Crippen LogP contribution in [0.2, 0.25) is 0 Å². The number of allylic oxidation sites excluding steroid dienone is 3. The zero-order chi connectivity index (χ0) is 30.3. The van der Waals surface area contributed by atoms with Gasteiger partial charge in [0.05, 0.1) is 37.0 Å². The fraction of sp³-hybridized carbons (Fsp3) is 0.500. The second kappa shape index (κ2) is 11.6. The summed E-state index contributed by atoms with van der Waals surface area (Å²) in [5, 5.41) is 3.12. The maximum Gasteiger partial charge on any atom is 0.295 e. The van der Waals surface area contributed by atoms with E-state index in [1.807, 2.05) is 0 Å². The Hall–Kier alpha value is -4.00. The van der Waals surface area contributed by atoms with Crippen LogP contribution in [0.3, 0.4) is 0 Å². The van der Waals surface area contributed by atoms with Crippen molar-refractivity contribution < 1.29 is 13.2 Å². The van der Waals surface area contributed by atoms with E-state index in [1.165, 1.54) is 18.8 Å². The van der Waals surface area contributed by atoms with Crippen LogP contribution in [0, 0.1) is 11.8 Å². The van der Waals surface area contributed by atoms with Crippen molar-refractivity contribution in [3.8, 4) is 17.3 Å². The third-order valence-corrected chi connectivity index (χ3v) is 10.8. The van der Waals surface area contributed by atoms with Gasteiger partial charge in [-0.1, -0.05) is 13.3 Å². The van der Waals surface area contributed by atoms with Gasteiger partial charge in [-0.25, -0.2) is 33.3 Å². The molecule has 6 rings (SSSR count). The molecule has 0 radical (unpaired) electrons. The van der Waals surface area contributed by atoms with Gasteiger partial charge in [0.15, 0.2) is 27.1 Å². The molecule has 3 aliphatic rings. The minimum absolute atomic E-state index is 0.00856. The van der Waals surface area contributed by atoms with Crippen molar-refractivity contribution in [1.29, 1.82) is 0 Å². The minimum atomic E-state index is -3.31. The minimum Gasteiger partial charge on any atom is -0.480 e. The predicted octanol–water partition coefficient (Wildman–Crippen LogP) is 4.23. The third-order valence-electron chi connectivity index (χ3n) is 8.91. The van der Waals surface area contributed by atoms with Crippen molar-refractivity contribution in [3.63, 3.8) is 0 Å². The summed E-state index contributed by atoms with van der Waals surface area (Å²) < 4.78 is 31.7. The van der Waals surface area contributed by atoms with E-state index in [4.69, 9.17) is 9.72 Å². The van der Waals surface area contributed by atoms with Gasteiger partial charge in [-0.2, -0.15) is 0 Å². The molecule has 226 valence electrons. The van der Waals surface area contributed by atoms with Crippen LogP contribution in [0.25, 0.3) is 22.6 Å². The second-order valence-electron chi connectivity index (χ2n) is 11.5. The predicted molar refractivity (Wildman–Crippen MR) is 165 cm³/mol. The van der Waals surface area contributed by atoms with Gasteiger partial charge in [0, 0.05) is 16.9 Å². The van der Waals surface area contributed by atoms with Gasteiger partial charge in [0.25, 0.3) is 5.56 Å². The molecule has 0 unspecified atom stereocenters. The molecule has 3 fully saturated rings. The number of sulfone groups is 1. The smallest absolute Gasteiger partial charge is 0.295 e. The molecule has 12 nitrogen and oxygen atoms in total. The van der Waals surface area contributed by atoms with Gasteiger partial charge in [0.2, 0.25) is 5.88 Å². The van der Waals surface area contributed by atoms with Crippen molar-refractivity contribution in [2.75, 3.05) is 24.7 Å². The fourth-order valence-electron chi connectivity index (χ4n) is 6.37. The molecule has 3 heterocycles. The molecule has 0 aromatic carbocycles. The summed E-state index contributed by atoms with van der Waals surface area (Å²) >= 11 is 0. The maximum absolute atomic E-state index is 14.1. The Kier molecular flexibility index (Phi) is 7.84. The number of aromatic nitrogens is 6. The summed E-state index contributed by atoms with van der Waals surface area (Å²) in [6.07, 6.45) is 12.6. The van der Waals surface area contributed by atoms with Gasteiger partial charge in [0.1, 0.15) is 17.4 Å². The highest BCUT2D eigenvalue weighted by molar-refractivity contribution is 7.95. The normalized spacial score (nSPS) is 22.3. The lowest BCUT2D eigenvalue weighted by Crippen LogP contribution is -2.32. The Labute approximate surface area is 250 Å². The fourth-order valence-corrected chi connectivity index (χ4v) is 7.10. The Morgan fingerprint density at radius 3 is 2.63 bits per heavy atom. The summed E-state index contributed by atoms with van der Waals surface area (Å²) in [6, 6.07) is 0.00856. The molecule has 43 heavy (non-hydrogen) atoms. The first-order chi connectivity index (χ1) is 20.7. The van der Waals surface area contributed by atoms with Crippen molar-refractivity contribution in [3.05, 3.63) is 51.3 Å². The third kappa shape index (κ3) is 5.57. The number of fused-ring (bicyclic) bond motifs is 3. The van der Waals surface area contributed by atoms with E-state index in [9.17, 15) is 13.2 Å². The Morgan fingerprint density at radius 2 is 1.98 bits per heavy atom. The van der Waals surface area contributed by atoms with E-state index < -0.39 is 9.84 Å². The summed E-state index contributed by atoms with van der Waals surface area (Å²) in [4.78, 5) is 41.5. The number of methoxy groups -OCH3 is 1. The first-order valence-electron chi connectivity index (χ1n) is 14.7. The lowest BCUT2D eigenvalue weighted by Gasteiger charge is -2.25. The van der Waals surface area contributed by atoms with Crippen molar-refractivity contribution in [1.82, 2.24) is 29.5 Å². The largest absolute Gasteiger partial charge is 0.480 e. The van der Waals surface area contributed by atoms with Crippen LogP contribution >= 0.6 is 0 Å². The molecule has 13 heteroatoms. The van der Waals surface area contributed by atoms with Gasteiger partial charge < -0.3 is 10.1 Å². The van der Waals surface area contributed by atoms with E-state index in [0.717, 1.165) is 37.8 Å². The summed E-state index contributed by atoms with van der Waals surface area (Å²) in [7, 11) is -1.75. The molecule has 2 bridgehead atoms. The lowest BCUT2D eigenvalue weighted by atomic mass is 9.95. The summed E-state index contributed by atoms with van der Waals surface area (Å²) in [5.41, 5.74) is 2.68. The van der Waals surface area contributed by atoms with Crippen LogP contribution < -0.4 is 15.6 Å². The van der Waals surface area contributed by atoms with E-state index in [0.29, 0.717) is 51.9 Å². The number of ether oxygens (including phenoxy) is 1. The average Bonchev–Trinajstić information content (AvgIpc) is 3.66. The van der Waals surface area contributed by atoms with Gasteiger partial charge in [-0.3, -0.25) is 14.4 Å². The number of hydrogen-bond acceptors (Lipinski definition) is 11. The molecule has 0 spiro atoms. The van der Waals surface area contributed by atoms with Crippen LogP contribution in [0.15, 0.2) is 45.1 Å². The molecule has 0 amide bonds. The lowest BCUT2D eigenvalue weighted by molar-refractivity contribution is 0.329. The first-order valence-corrected chi connectivity index (χ1v) is 16.4. The molecule has 3 aromatic heterocycles. The van der Waals surface area contributed by atoms with Gasteiger partial charge in [-0.05, 0) is 69.7 Å². The topological polar surface area (TPSA) is 154 Å². The molecule has 1 N–H and O–H groups in total. The quantitative estimate of drug-likeness (QED) is 0.248. The highest BCUT2D eigenvalue weighted by Gasteiger charge is 2.42. The molecule has 0 saturated heterocycles. The zero-order valence-electron chi connectivity index (χ0n) is 24.7. The number of anilines is 1. The van der Waals surface area contributed by atoms with Crippen molar-refractivity contribution in [2.24, 2.45) is 16.8 Å². The van der Waals surface area contributed by atoms with Crippen LogP contribution in [-0.2, 0) is 9.84 Å². The average molecular weight is 605 g/mol. The van der Waals surface area contributed by atoms with Crippen LogP contribution in [0.1, 0.15) is 70.0 Å². The van der Waals surface area contributed by atoms with Crippen LogP contribution in [0.4, 0.5) is 5.82 Å². The van der Waals surface area contributed by atoms with E-state index in [1.54, 1.807) is 37.8 Å². The zero-order valence-corrected chi connectivity index (χ0v) is 25.5. The number of hydrogen-bond donors (Lipinski definition) is 1. The van der Waals surface area contributed by atoms with Crippen LogP contribution in [-0.4, -0.2) is 64.0 Å². The SMILES string of the molecule is C=N/C(=C\C=C(/C)S(=O)(=O)CC)CNc1nc2cnc(-c3c(OC)ncnc3C3CC3)nc2n([C@@H]2C[C@H]3CC[C@@H]2C3)c1=O. The molecule has 0 aliphatic heterocycles. The molecule has 3 aliphatic carbocycles. The highest BCUT2D eigenvalue weighted by Crippen LogP contribution is 2.51. The van der Waals surface area contributed by atoms with Crippen molar-refractivity contribution in [2.45, 2.75) is 64.3 Å². The molecule has 3 saturated carbocycles.